The Balaban J connectivity index is 1.59. The van der Waals surface area contributed by atoms with Crippen LogP contribution in [0.2, 0.25) is 5.02 Å². The summed E-state index contributed by atoms with van der Waals surface area (Å²) in [6.45, 7) is 2.07. The molecule has 174 valence electrons. The van der Waals surface area contributed by atoms with Crippen molar-refractivity contribution in [2.45, 2.75) is 20.0 Å². The van der Waals surface area contributed by atoms with Crippen molar-refractivity contribution in [3.63, 3.8) is 0 Å². The summed E-state index contributed by atoms with van der Waals surface area (Å²) in [5.41, 5.74) is 5.34. The first-order valence-electron chi connectivity index (χ1n) is 10.1. The number of benzene rings is 2. The number of rotatable bonds is 8. The minimum atomic E-state index is -0.760. The molecule has 1 amide bonds. The van der Waals surface area contributed by atoms with E-state index in [1.165, 1.54) is 10.6 Å². The molecule has 0 bridgehead atoms. The second kappa shape index (κ2) is 9.63. The van der Waals surface area contributed by atoms with Gasteiger partial charge in [0.25, 0.3) is 11.8 Å². The molecule has 0 radical (unpaired) electrons. The number of nitrogens with one attached hydrogen (secondary N) is 1. The van der Waals surface area contributed by atoms with E-state index < -0.39 is 17.3 Å². The zero-order valence-electron chi connectivity index (χ0n) is 17.9. The smallest absolute Gasteiger partial charge is 0.354 e. The first kappa shape index (κ1) is 22.8. The summed E-state index contributed by atoms with van der Waals surface area (Å²) in [5, 5.41) is 7.19. The molecule has 2 heterocycles. The normalized spacial score (nSPS) is 10.8. The van der Waals surface area contributed by atoms with E-state index in [1.54, 1.807) is 55.5 Å². The average Bonchev–Trinajstić information content (AvgIpc) is 3.28. The minimum Gasteiger partial charge on any atom is -0.436 e. The Kier molecular flexibility index (Phi) is 6.46. The van der Waals surface area contributed by atoms with E-state index in [-0.39, 0.29) is 30.7 Å². The largest absolute Gasteiger partial charge is 0.436 e. The molecule has 0 spiro atoms. The molecular formula is C22H19ClN6O5. The predicted molar refractivity (Wildman–Crippen MR) is 124 cm³/mol. The number of anilines is 2. The molecule has 0 aliphatic carbocycles. The van der Waals surface area contributed by atoms with Gasteiger partial charge in [0.15, 0.2) is 0 Å². The molecule has 34 heavy (non-hydrogen) atoms. The molecule has 2 aromatic heterocycles. The van der Waals surface area contributed by atoms with Crippen LogP contribution in [0.4, 0.5) is 11.6 Å². The first-order chi connectivity index (χ1) is 16.3. The second-order valence-electron chi connectivity index (χ2n) is 7.10. The van der Waals surface area contributed by atoms with Gasteiger partial charge in [0, 0.05) is 17.3 Å². The number of nitrogens with zero attached hydrogens (tertiary/aromatic N) is 4. The lowest BCUT2D eigenvalue weighted by atomic mass is 10.2. The highest BCUT2D eigenvalue weighted by Gasteiger charge is 2.14. The summed E-state index contributed by atoms with van der Waals surface area (Å²) >= 11 is 5.95. The summed E-state index contributed by atoms with van der Waals surface area (Å²) in [6.07, 6.45) is 0. The van der Waals surface area contributed by atoms with Gasteiger partial charge in [0.2, 0.25) is 11.7 Å². The number of amides is 1. The number of hydrogen-bond donors (Lipinski definition) is 2. The predicted octanol–water partition coefficient (Wildman–Crippen LogP) is 2.75. The van der Waals surface area contributed by atoms with Crippen LogP contribution >= 0.6 is 11.6 Å². The number of ether oxygens (including phenoxy) is 1. The third kappa shape index (κ3) is 4.99. The van der Waals surface area contributed by atoms with Crippen LogP contribution < -0.4 is 27.2 Å². The molecular weight excluding hydrogens is 464 g/mol. The van der Waals surface area contributed by atoms with E-state index in [0.29, 0.717) is 16.5 Å². The number of carbonyl (C=O) groups excluding carboxylic acids is 1. The van der Waals surface area contributed by atoms with Gasteiger partial charge in [-0.05, 0) is 54.0 Å². The molecule has 4 rings (SSSR count). The van der Waals surface area contributed by atoms with Crippen LogP contribution in [0.5, 0.6) is 11.6 Å². The summed E-state index contributed by atoms with van der Waals surface area (Å²) in [7, 11) is 0. The van der Waals surface area contributed by atoms with E-state index in [0.717, 1.165) is 10.1 Å². The zero-order chi connectivity index (χ0) is 24.2. The van der Waals surface area contributed by atoms with Crippen LogP contribution in [0, 0.1) is 0 Å². The molecule has 4 aromatic rings. The molecule has 0 saturated carbocycles. The molecule has 0 aliphatic rings. The van der Waals surface area contributed by atoms with Gasteiger partial charge in [0.1, 0.15) is 5.75 Å². The van der Waals surface area contributed by atoms with Crippen LogP contribution in [0.25, 0.3) is 0 Å². The Labute approximate surface area is 197 Å². The Hall–Kier alpha value is -4.38. The lowest BCUT2D eigenvalue weighted by Crippen LogP contribution is -2.42. The molecule has 3 N–H and O–H groups in total. The molecule has 2 aromatic carbocycles. The van der Waals surface area contributed by atoms with E-state index >= 15 is 0 Å². The Morgan fingerprint density at radius 3 is 2.44 bits per heavy atom. The highest BCUT2D eigenvalue weighted by atomic mass is 35.5. The van der Waals surface area contributed by atoms with E-state index in [4.69, 9.17) is 26.6 Å². The van der Waals surface area contributed by atoms with Crippen molar-refractivity contribution in [2.24, 2.45) is 5.73 Å². The summed E-state index contributed by atoms with van der Waals surface area (Å²) < 4.78 is 12.7. The van der Waals surface area contributed by atoms with Gasteiger partial charge in [0.05, 0.1) is 12.6 Å². The van der Waals surface area contributed by atoms with Gasteiger partial charge in [-0.3, -0.25) is 9.36 Å². The van der Waals surface area contributed by atoms with Crippen LogP contribution in [0.15, 0.2) is 68.7 Å². The minimum absolute atomic E-state index is 0.0659. The van der Waals surface area contributed by atoms with Gasteiger partial charge in [-0.1, -0.05) is 23.7 Å². The highest BCUT2D eigenvalue weighted by Crippen LogP contribution is 2.24. The number of halogens is 1. The number of hydrogen-bond acceptors (Lipinski definition) is 8. The highest BCUT2D eigenvalue weighted by molar-refractivity contribution is 6.30. The maximum atomic E-state index is 13.0. The Bertz CT molecular complexity index is 1440. The van der Waals surface area contributed by atoms with Crippen molar-refractivity contribution in [1.29, 1.82) is 0 Å². The quantitative estimate of drug-likeness (QED) is 0.389. The standard InChI is InChI=1S/C22H19ClN6O5/c1-2-28-21(31)26-20(29(22(28)32)12-13-3-5-14(23)6-4-13)25-15-7-9-16(10-8-15)33-18-11-17(19(24)30)34-27-18/h3-11H,2,12H2,1H3,(H2,24,30)(H,25,26,31). The van der Waals surface area contributed by atoms with Gasteiger partial charge in [-0.2, -0.15) is 4.98 Å². The lowest BCUT2D eigenvalue weighted by molar-refractivity contribution is 0.0965. The van der Waals surface area contributed by atoms with Crippen LogP contribution in [-0.4, -0.2) is 25.2 Å². The molecule has 0 saturated heterocycles. The van der Waals surface area contributed by atoms with Gasteiger partial charge < -0.3 is 20.3 Å². The molecule has 0 aliphatic heterocycles. The fourth-order valence-corrected chi connectivity index (χ4v) is 3.22. The van der Waals surface area contributed by atoms with Crippen molar-refractivity contribution in [3.05, 3.63) is 91.9 Å². The summed E-state index contributed by atoms with van der Waals surface area (Å²) in [4.78, 5) is 40.5. The molecule has 0 fully saturated rings. The average molecular weight is 483 g/mol. The number of aromatic nitrogens is 4. The van der Waals surface area contributed by atoms with E-state index in [2.05, 4.69) is 15.5 Å². The van der Waals surface area contributed by atoms with Crippen LogP contribution in [0.1, 0.15) is 23.0 Å². The van der Waals surface area contributed by atoms with Crippen molar-refractivity contribution in [1.82, 2.24) is 19.3 Å². The van der Waals surface area contributed by atoms with Gasteiger partial charge in [-0.15, -0.1) is 0 Å². The summed E-state index contributed by atoms with van der Waals surface area (Å²) in [6, 6.07) is 14.9. The Morgan fingerprint density at radius 2 is 1.82 bits per heavy atom. The fraction of sp³-hybridized carbons (Fsp3) is 0.136. The number of primary amides is 1. The van der Waals surface area contributed by atoms with E-state index in [9.17, 15) is 14.4 Å². The Morgan fingerprint density at radius 1 is 1.12 bits per heavy atom. The zero-order valence-corrected chi connectivity index (χ0v) is 18.7. The molecule has 0 atom stereocenters. The second-order valence-corrected chi connectivity index (χ2v) is 7.54. The van der Waals surface area contributed by atoms with Crippen molar-refractivity contribution in [2.75, 3.05) is 5.32 Å². The third-order valence-electron chi connectivity index (χ3n) is 4.78. The van der Waals surface area contributed by atoms with Crippen molar-refractivity contribution in [3.8, 4) is 11.6 Å². The van der Waals surface area contributed by atoms with Crippen molar-refractivity contribution >= 4 is 29.1 Å². The SMILES string of the molecule is CCn1c(=O)nc(Nc2ccc(Oc3cc(C(N)=O)on3)cc2)n(Cc2ccc(Cl)cc2)c1=O. The van der Waals surface area contributed by atoms with Gasteiger partial charge >= 0.3 is 11.4 Å². The molecule has 0 unspecified atom stereocenters. The molecule has 12 heteroatoms. The maximum absolute atomic E-state index is 13.0. The topological polar surface area (TPSA) is 147 Å². The lowest BCUT2D eigenvalue weighted by Gasteiger charge is -2.15. The number of nitrogens with two attached hydrogens (primary N) is 1. The van der Waals surface area contributed by atoms with E-state index in [1.807, 2.05) is 0 Å². The third-order valence-corrected chi connectivity index (χ3v) is 5.04. The summed E-state index contributed by atoms with van der Waals surface area (Å²) in [5.74, 6) is -0.325. The van der Waals surface area contributed by atoms with Gasteiger partial charge in [-0.25, -0.2) is 14.2 Å². The number of carbonyl (C=O) groups is 1. The maximum Gasteiger partial charge on any atom is 0.354 e. The monoisotopic (exact) mass is 482 g/mol. The molecule has 11 nitrogen and oxygen atoms in total. The van der Waals surface area contributed by atoms with Crippen LogP contribution in [0.3, 0.4) is 0 Å². The first-order valence-corrected chi connectivity index (χ1v) is 10.5. The fourth-order valence-electron chi connectivity index (χ4n) is 3.09. The van der Waals surface area contributed by atoms with Crippen LogP contribution in [-0.2, 0) is 13.1 Å². The van der Waals surface area contributed by atoms with Crippen molar-refractivity contribution < 1.29 is 14.1 Å².